The number of nitrogens with zero attached hydrogens (tertiary/aromatic N) is 3. The molecule has 2 rings (SSSR count). The molecule has 144 valence electrons. The molecule has 2 N–H and O–H groups in total. The molecule has 0 amide bonds. The van der Waals surface area contributed by atoms with Crippen molar-refractivity contribution in [2.45, 2.75) is 47.1 Å². The predicted molar refractivity (Wildman–Crippen MR) is 119 cm³/mol. The Labute approximate surface area is 174 Å². The number of likely N-dealkylation sites (tertiary alicyclic amines) is 1. The van der Waals surface area contributed by atoms with Gasteiger partial charge in [-0.1, -0.05) is 13.8 Å². The van der Waals surface area contributed by atoms with E-state index in [9.17, 15) is 0 Å². The van der Waals surface area contributed by atoms with Gasteiger partial charge in [-0.3, -0.25) is 4.99 Å². The molecule has 0 bridgehead atoms. The maximum Gasteiger partial charge on any atom is 0.191 e. The Balaban J connectivity index is 0.00000312. The van der Waals surface area contributed by atoms with Crippen LogP contribution < -0.4 is 10.6 Å². The Kier molecular flexibility index (Phi) is 10.3. The first-order chi connectivity index (χ1) is 11.5. The SMILES string of the molecule is CN=C(NCCCN1CC(C)CC(C)C1)NCc1nc(C)c(C)s1.I. The van der Waals surface area contributed by atoms with Crippen molar-refractivity contribution in [3.8, 4) is 0 Å². The van der Waals surface area contributed by atoms with Crippen LogP contribution in [0.4, 0.5) is 0 Å². The molecule has 2 heterocycles. The fourth-order valence-electron chi connectivity index (χ4n) is 3.48. The Morgan fingerprint density at radius 2 is 1.92 bits per heavy atom. The fourth-order valence-corrected chi connectivity index (χ4v) is 4.35. The standard InChI is InChI=1S/C18H33N5S.HI/c1-13-9-14(2)12-23(11-13)8-6-7-20-18(19-5)21-10-17-22-15(3)16(4)24-17;/h13-14H,6-12H2,1-5H3,(H2,19,20,21);1H. The van der Waals surface area contributed by atoms with Crippen LogP contribution >= 0.6 is 35.3 Å². The third-order valence-electron chi connectivity index (χ3n) is 4.59. The van der Waals surface area contributed by atoms with Crippen LogP contribution in [-0.4, -0.2) is 49.1 Å². The fraction of sp³-hybridized carbons (Fsp3) is 0.778. The minimum Gasteiger partial charge on any atom is -0.356 e. The molecule has 0 radical (unpaired) electrons. The van der Waals surface area contributed by atoms with Crippen LogP contribution in [0.25, 0.3) is 0 Å². The number of aliphatic imine (C=N–C) groups is 1. The third-order valence-corrected chi connectivity index (χ3v) is 5.66. The number of rotatable bonds is 6. The first-order valence-corrected chi connectivity index (χ1v) is 9.89. The van der Waals surface area contributed by atoms with Gasteiger partial charge in [-0.25, -0.2) is 4.98 Å². The highest BCUT2D eigenvalue weighted by molar-refractivity contribution is 14.0. The lowest BCUT2D eigenvalue weighted by Crippen LogP contribution is -2.41. The molecule has 0 saturated carbocycles. The zero-order chi connectivity index (χ0) is 17.5. The highest BCUT2D eigenvalue weighted by atomic mass is 127. The molecule has 1 fully saturated rings. The molecule has 1 aliphatic heterocycles. The van der Waals surface area contributed by atoms with Gasteiger partial charge in [-0.05, 0) is 45.1 Å². The zero-order valence-corrected chi connectivity index (χ0v) is 19.4. The highest BCUT2D eigenvalue weighted by Gasteiger charge is 2.20. The molecular formula is C18H34IN5S. The first-order valence-electron chi connectivity index (χ1n) is 9.07. The number of nitrogens with one attached hydrogen (secondary N) is 2. The summed E-state index contributed by atoms with van der Waals surface area (Å²) in [4.78, 5) is 12.8. The molecule has 0 aromatic carbocycles. The minimum absolute atomic E-state index is 0. The van der Waals surface area contributed by atoms with Gasteiger partial charge in [-0.15, -0.1) is 35.3 Å². The number of thiazole rings is 1. The summed E-state index contributed by atoms with van der Waals surface area (Å²) in [6.07, 6.45) is 2.52. The van der Waals surface area contributed by atoms with Gasteiger partial charge in [0.15, 0.2) is 5.96 Å². The van der Waals surface area contributed by atoms with Gasteiger partial charge in [0.1, 0.15) is 5.01 Å². The van der Waals surface area contributed by atoms with Gasteiger partial charge in [0.05, 0.1) is 12.2 Å². The predicted octanol–water partition coefficient (Wildman–Crippen LogP) is 3.41. The summed E-state index contributed by atoms with van der Waals surface area (Å²) in [7, 11) is 1.82. The number of aromatic nitrogens is 1. The van der Waals surface area contributed by atoms with Gasteiger partial charge in [0.2, 0.25) is 0 Å². The lowest BCUT2D eigenvalue weighted by atomic mass is 9.92. The number of hydrogen-bond acceptors (Lipinski definition) is 4. The number of hydrogen-bond donors (Lipinski definition) is 2. The van der Waals surface area contributed by atoms with E-state index < -0.39 is 0 Å². The Morgan fingerprint density at radius 3 is 2.48 bits per heavy atom. The average Bonchev–Trinajstić information content (AvgIpc) is 2.84. The summed E-state index contributed by atoms with van der Waals surface area (Å²) in [6, 6.07) is 0. The number of aryl methyl sites for hydroxylation is 2. The van der Waals surface area contributed by atoms with Crippen LogP contribution in [0.2, 0.25) is 0 Å². The van der Waals surface area contributed by atoms with E-state index in [1.165, 1.54) is 30.9 Å². The van der Waals surface area contributed by atoms with Crippen molar-refractivity contribution in [1.82, 2.24) is 20.5 Å². The Bertz CT molecular complexity index is 516. The normalized spacial score (nSPS) is 21.7. The lowest BCUT2D eigenvalue weighted by molar-refractivity contribution is 0.140. The van der Waals surface area contributed by atoms with Crippen LogP contribution in [0.3, 0.4) is 0 Å². The molecule has 2 atom stereocenters. The van der Waals surface area contributed by atoms with Gasteiger partial charge in [-0.2, -0.15) is 0 Å². The van der Waals surface area contributed by atoms with Crippen LogP contribution in [0.5, 0.6) is 0 Å². The second kappa shape index (κ2) is 11.3. The van der Waals surface area contributed by atoms with Crippen molar-refractivity contribution in [2.75, 3.05) is 33.2 Å². The summed E-state index contributed by atoms with van der Waals surface area (Å²) >= 11 is 1.75. The van der Waals surface area contributed by atoms with E-state index in [4.69, 9.17) is 0 Å². The van der Waals surface area contributed by atoms with Crippen molar-refractivity contribution < 1.29 is 0 Å². The average molecular weight is 479 g/mol. The van der Waals surface area contributed by atoms with E-state index in [1.54, 1.807) is 11.3 Å². The van der Waals surface area contributed by atoms with Crippen LogP contribution in [0.1, 0.15) is 42.3 Å². The van der Waals surface area contributed by atoms with Crippen molar-refractivity contribution in [3.63, 3.8) is 0 Å². The molecule has 2 unspecified atom stereocenters. The summed E-state index contributed by atoms with van der Waals surface area (Å²) in [6.45, 7) is 14.3. The van der Waals surface area contributed by atoms with Crippen molar-refractivity contribution in [2.24, 2.45) is 16.8 Å². The molecule has 1 aromatic rings. The lowest BCUT2D eigenvalue weighted by Gasteiger charge is -2.35. The maximum absolute atomic E-state index is 4.55. The zero-order valence-electron chi connectivity index (χ0n) is 16.3. The van der Waals surface area contributed by atoms with E-state index >= 15 is 0 Å². The molecule has 25 heavy (non-hydrogen) atoms. The van der Waals surface area contributed by atoms with Crippen molar-refractivity contribution in [3.05, 3.63) is 15.6 Å². The third kappa shape index (κ3) is 7.78. The summed E-state index contributed by atoms with van der Waals surface area (Å²) in [5, 5.41) is 7.88. The monoisotopic (exact) mass is 479 g/mol. The summed E-state index contributed by atoms with van der Waals surface area (Å²) < 4.78 is 0. The topological polar surface area (TPSA) is 52.6 Å². The maximum atomic E-state index is 4.55. The molecule has 0 spiro atoms. The van der Waals surface area contributed by atoms with E-state index in [-0.39, 0.29) is 24.0 Å². The largest absolute Gasteiger partial charge is 0.356 e. The summed E-state index contributed by atoms with van der Waals surface area (Å²) in [5.74, 6) is 2.53. The van der Waals surface area contributed by atoms with E-state index in [1.807, 2.05) is 7.05 Å². The van der Waals surface area contributed by atoms with E-state index in [2.05, 4.69) is 53.2 Å². The van der Waals surface area contributed by atoms with Crippen molar-refractivity contribution >= 4 is 41.3 Å². The molecule has 1 saturated heterocycles. The molecule has 1 aliphatic rings. The smallest absolute Gasteiger partial charge is 0.191 e. The van der Waals surface area contributed by atoms with Gasteiger partial charge in [0.25, 0.3) is 0 Å². The van der Waals surface area contributed by atoms with Crippen LogP contribution in [0.15, 0.2) is 4.99 Å². The summed E-state index contributed by atoms with van der Waals surface area (Å²) in [5.41, 5.74) is 1.13. The quantitative estimate of drug-likeness (QED) is 0.284. The molecule has 1 aromatic heterocycles. The molecule has 0 aliphatic carbocycles. The second-order valence-electron chi connectivity index (χ2n) is 7.16. The van der Waals surface area contributed by atoms with E-state index in [0.717, 1.165) is 48.0 Å². The van der Waals surface area contributed by atoms with Gasteiger partial charge >= 0.3 is 0 Å². The van der Waals surface area contributed by atoms with Gasteiger partial charge < -0.3 is 15.5 Å². The molecule has 5 nitrogen and oxygen atoms in total. The van der Waals surface area contributed by atoms with Crippen molar-refractivity contribution in [1.29, 1.82) is 0 Å². The highest BCUT2D eigenvalue weighted by Crippen LogP contribution is 2.20. The van der Waals surface area contributed by atoms with Crippen LogP contribution in [0, 0.1) is 25.7 Å². The second-order valence-corrected chi connectivity index (χ2v) is 8.45. The van der Waals surface area contributed by atoms with E-state index in [0.29, 0.717) is 0 Å². The first kappa shape index (κ1) is 22.6. The van der Waals surface area contributed by atoms with Gasteiger partial charge in [0, 0.05) is 31.6 Å². The molecular weight excluding hydrogens is 445 g/mol. The minimum atomic E-state index is 0. The molecule has 7 heteroatoms. The number of piperidine rings is 1. The Morgan fingerprint density at radius 1 is 1.24 bits per heavy atom. The number of guanidine groups is 1. The Hall–Kier alpha value is -0.410. The number of halogens is 1. The van der Waals surface area contributed by atoms with Crippen LogP contribution in [-0.2, 0) is 6.54 Å².